The molecule has 0 saturated carbocycles. The SMILES string of the molecule is CCOC(=O)C1(C(O)C(C)(O)O[Si](C)(C)C(C)(C)C)CCN(C(=O)OC(C)(C)C)CC1. The van der Waals surface area contributed by atoms with E-state index >= 15 is 0 Å². The molecule has 0 aromatic rings. The van der Waals surface area contributed by atoms with Crippen LogP contribution in [-0.2, 0) is 18.7 Å². The molecule has 8 nitrogen and oxygen atoms in total. The van der Waals surface area contributed by atoms with Crippen LogP contribution in [0.15, 0.2) is 0 Å². The summed E-state index contributed by atoms with van der Waals surface area (Å²) in [6.45, 7) is 19.0. The lowest BCUT2D eigenvalue weighted by Crippen LogP contribution is -2.63. The largest absolute Gasteiger partial charge is 0.465 e. The molecule has 2 unspecified atom stereocenters. The monoisotopic (exact) mass is 461 g/mol. The van der Waals surface area contributed by atoms with Gasteiger partial charge in [-0.15, -0.1) is 0 Å². The molecule has 2 N–H and O–H groups in total. The molecule has 1 saturated heterocycles. The van der Waals surface area contributed by atoms with Crippen molar-refractivity contribution in [3.63, 3.8) is 0 Å². The van der Waals surface area contributed by atoms with Crippen LogP contribution in [0.3, 0.4) is 0 Å². The van der Waals surface area contributed by atoms with E-state index in [1.165, 1.54) is 11.8 Å². The second-order valence-electron chi connectivity index (χ2n) is 11.2. The van der Waals surface area contributed by atoms with Crippen LogP contribution in [0.5, 0.6) is 0 Å². The normalized spacial score (nSPS) is 20.6. The third-order valence-corrected chi connectivity index (χ3v) is 10.8. The van der Waals surface area contributed by atoms with E-state index in [4.69, 9.17) is 13.9 Å². The molecule has 0 radical (unpaired) electrons. The maximum atomic E-state index is 13.0. The molecular weight excluding hydrogens is 418 g/mol. The highest BCUT2D eigenvalue weighted by molar-refractivity contribution is 6.74. The molecule has 1 heterocycles. The summed E-state index contributed by atoms with van der Waals surface area (Å²) in [6, 6.07) is 0. The zero-order valence-electron chi connectivity index (χ0n) is 21.0. The van der Waals surface area contributed by atoms with Gasteiger partial charge < -0.3 is 29.0 Å². The summed E-state index contributed by atoms with van der Waals surface area (Å²) in [7, 11) is -2.46. The van der Waals surface area contributed by atoms with Gasteiger partial charge >= 0.3 is 12.1 Å². The van der Waals surface area contributed by atoms with Gasteiger partial charge in [0.15, 0.2) is 14.1 Å². The minimum Gasteiger partial charge on any atom is -0.465 e. The van der Waals surface area contributed by atoms with Crippen molar-refractivity contribution in [3.8, 4) is 0 Å². The molecule has 0 aliphatic carbocycles. The van der Waals surface area contributed by atoms with Crippen molar-refractivity contribution < 1.29 is 33.7 Å². The van der Waals surface area contributed by atoms with Crippen LogP contribution in [0.2, 0.25) is 18.1 Å². The number of hydrogen-bond donors (Lipinski definition) is 2. The van der Waals surface area contributed by atoms with Gasteiger partial charge in [-0.25, -0.2) is 4.79 Å². The van der Waals surface area contributed by atoms with E-state index in [9.17, 15) is 19.8 Å². The molecule has 0 aromatic carbocycles. The third kappa shape index (κ3) is 6.66. The number of nitrogens with zero attached hydrogens (tertiary/aromatic N) is 1. The summed E-state index contributed by atoms with van der Waals surface area (Å²) in [6.07, 6.45) is -1.73. The van der Waals surface area contributed by atoms with Crippen LogP contribution in [0.4, 0.5) is 4.79 Å². The molecule has 1 rings (SSSR count). The summed E-state index contributed by atoms with van der Waals surface area (Å²) in [5.74, 6) is -2.55. The number of aliphatic hydroxyl groups excluding tert-OH is 1. The summed E-state index contributed by atoms with van der Waals surface area (Å²) in [5.41, 5.74) is -2.02. The van der Waals surface area contributed by atoms with E-state index in [-0.39, 0.29) is 37.6 Å². The van der Waals surface area contributed by atoms with Crippen molar-refractivity contribution in [2.75, 3.05) is 19.7 Å². The number of aliphatic hydroxyl groups is 2. The highest BCUT2D eigenvalue weighted by Crippen LogP contribution is 2.45. The average Bonchev–Trinajstić information content (AvgIpc) is 2.58. The molecule has 31 heavy (non-hydrogen) atoms. The molecule has 9 heteroatoms. The molecule has 1 fully saturated rings. The lowest BCUT2D eigenvalue weighted by Gasteiger charge is -2.49. The summed E-state index contributed by atoms with van der Waals surface area (Å²) >= 11 is 0. The van der Waals surface area contributed by atoms with Gasteiger partial charge in [0.05, 0.1) is 6.61 Å². The molecule has 0 aromatic heterocycles. The maximum Gasteiger partial charge on any atom is 0.410 e. The van der Waals surface area contributed by atoms with Crippen molar-refractivity contribution in [2.24, 2.45) is 5.41 Å². The Bertz CT molecular complexity index is 641. The van der Waals surface area contributed by atoms with Crippen molar-refractivity contribution in [1.29, 1.82) is 0 Å². The molecule has 2 atom stereocenters. The minimum absolute atomic E-state index is 0.128. The fourth-order valence-corrected chi connectivity index (χ4v) is 4.97. The third-order valence-electron chi connectivity index (χ3n) is 6.29. The number of piperidine rings is 1. The molecule has 1 aliphatic heterocycles. The minimum atomic E-state index is -2.46. The second kappa shape index (κ2) is 9.37. The van der Waals surface area contributed by atoms with Crippen molar-refractivity contribution in [3.05, 3.63) is 0 Å². The number of amides is 1. The topological polar surface area (TPSA) is 106 Å². The van der Waals surface area contributed by atoms with E-state index in [1.807, 2.05) is 33.9 Å². The quantitative estimate of drug-likeness (QED) is 0.353. The maximum absolute atomic E-state index is 13.0. The lowest BCUT2D eigenvalue weighted by molar-refractivity contribution is -0.244. The fraction of sp³-hybridized carbons (Fsp3) is 0.909. The Morgan fingerprint density at radius 1 is 1.06 bits per heavy atom. The first kappa shape index (κ1) is 27.9. The Kier molecular flexibility index (Phi) is 8.42. The van der Waals surface area contributed by atoms with E-state index < -0.39 is 43.3 Å². The molecule has 1 amide bonds. The Balaban J connectivity index is 3.15. The van der Waals surface area contributed by atoms with Crippen LogP contribution < -0.4 is 0 Å². The van der Waals surface area contributed by atoms with Crippen LogP contribution in [0, 0.1) is 5.41 Å². The van der Waals surface area contributed by atoms with Crippen molar-refractivity contribution in [2.45, 2.75) is 104 Å². The smallest absolute Gasteiger partial charge is 0.410 e. The zero-order chi connectivity index (χ0) is 24.5. The van der Waals surface area contributed by atoms with E-state index in [2.05, 4.69) is 0 Å². The van der Waals surface area contributed by atoms with Crippen LogP contribution >= 0.6 is 0 Å². The number of carbonyl (C=O) groups excluding carboxylic acids is 2. The number of carbonyl (C=O) groups is 2. The van der Waals surface area contributed by atoms with Gasteiger partial charge in [-0.2, -0.15) is 0 Å². The van der Waals surface area contributed by atoms with Gasteiger partial charge in [0, 0.05) is 13.1 Å². The molecule has 1 aliphatic rings. The van der Waals surface area contributed by atoms with Crippen LogP contribution in [0.25, 0.3) is 0 Å². The number of esters is 1. The number of hydrogen-bond acceptors (Lipinski definition) is 7. The predicted molar refractivity (Wildman–Crippen MR) is 121 cm³/mol. The van der Waals surface area contributed by atoms with Gasteiger partial charge in [0.2, 0.25) is 0 Å². The number of ether oxygens (including phenoxy) is 2. The van der Waals surface area contributed by atoms with E-state index in [0.29, 0.717) is 0 Å². The summed E-state index contributed by atoms with van der Waals surface area (Å²) in [4.78, 5) is 27.0. The van der Waals surface area contributed by atoms with E-state index in [0.717, 1.165) is 0 Å². The van der Waals surface area contributed by atoms with Gasteiger partial charge in [-0.05, 0) is 65.6 Å². The Labute approximate surface area is 188 Å². The van der Waals surface area contributed by atoms with Gasteiger partial charge in [-0.3, -0.25) is 4.79 Å². The van der Waals surface area contributed by atoms with Crippen LogP contribution in [0.1, 0.15) is 68.2 Å². The second-order valence-corrected chi connectivity index (χ2v) is 15.9. The fourth-order valence-electron chi connectivity index (χ4n) is 3.52. The van der Waals surface area contributed by atoms with Crippen LogP contribution in [-0.4, -0.2) is 72.7 Å². The number of rotatable bonds is 6. The average molecular weight is 462 g/mol. The first-order valence-corrected chi connectivity index (χ1v) is 14.0. The summed E-state index contributed by atoms with van der Waals surface area (Å²) in [5, 5.41) is 22.3. The Hall–Kier alpha value is -1.16. The van der Waals surface area contributed by atoms with Gasteiger partial charge in [-0.1, -0.05) is 20.8 Å². The molecule has 182 valence electrons. The standard InChI is InChI=1S/C22H43NO7Si/c1-11-28-17(25)22(12-14-23(15-13-22)18(26)29-19(2,3)4)16(24)21(8,27)30-31(9,10)20(5,6)7/h16,24,27H,11-15H2,1-10H3. The van der Waals surface area contributed by atoms with Crippen molar-refractivity contribution in [1.82, 2.24) is 4.90 Å². The Morgan fingerprint density at radius 3 is 1.94 bits per heavy atom. The first-order valence-electron chi connectivity index (χ1n) is 11.0. The lowest BCUT2D eigenvalue weighted by atomic mass is 9.71. The molecule has 0 spiro atoms. The van der Waals surface area contributed by atoms with Gasteiger partial charge in [0.1, 0.15) is 17.1 Å². The molecule has 0 bridgehead atoms. The predicted octanol–water partition coefficient (Wildman–Crippen LogP) is 3.66. The molecular formula is C22H43NO7Si. The highest BCUT2D eigenvalue weighted by Gasteiger charge is 2.57. The summed E-state index contributed by atoms with van der Waals surface area (Å²) < 4.78 is 16.8. The Morgan fingerprint density at radius 2 is 1.55 bits per heavy atom. The first-order chi connectivity index (χ1) is 13.8. The number of likely N-dealkylation sites (tertiary alicyclic amines) is 1. The van der Waals surface area contributed by atoms with E-state index in [1.54, 1.807) is 27.7 Å². The van der Waals surface area contributed by atoms with Crippen molar-refractivity contribution >= 4 is 20.4 Å². The van der Waals surface area contributed by atoms with Gasteiger partial charge in [0.25, 0.3) is 0 Å². The highest BCUT2D eigenvalue weighted by atomic mass is 28.4. The zero-order valence-corrected chi connectivity index (χ0v) is 22.0.